The minimum atomic E-state index is -1.12. The molecule has 2 N–H and O–H groups in total. The van der Waals surface area contributed by atoms with Gasteiger partial charge in [-0.3, -0.25) is 14.9 Å². The zero-order valence-electron chi connectivity index (χ0n) is 12.7. The van der Waals surface area contributed by atoms with Gasteiger partial charge in [0.05, 0.1) is 15.4 Å². The minimum Gasteiger partial charge on any atom is -0.449 e. The molecule has 1 aromatic carbocycles. The minimum absolute atomic E-state index is 0.0329. The van der Waals surface area contributed by atoms with Gasteiger partial charge in [-0.2, -0.15) is 0 Å². The fourth-order valence-electron chi connectivity index (χ4n) is 1.63. The molecule has 1 heterocycles. The molecule has 10 heteroatoms. The topological polar surface area (TPSA) is 125 Å². The standard InChI is InChI=1S/C14H13N3O5S2/c1-7-6-23-14(16-7)24-11-4-3-9(5-10(11)17(20)21)13(19)22-8(2)12(15)18/h3-6,8H,1-2H3,(H2,15,18). The number of nitrogens with zero attached hydrogens (tertiary/aromatic N) is 2. The molecular formula is C14H13N3O5S2. The van der Waals surface area contributed by atoms with Crippen LogP contribution in [0.4, 0.5) is 5.69 Å². The highest BCUT2D eigenvalue weighted by atomic mass is 32.2. The van der Waals surface area contributed by atoms with E-state index in [0.29, 0.717) is 9.24 Å². The lowest BCUT2D eigenvalue weighted by Gasteiger charge is -2.10. The Bertz CT molecular complexity index is 805. The SMILES string of the molecule is Cc1csc(Sc2ccc(C(=O)OC(C)C(N)=O)cc2[N+](=O)[O-])n1. The number of thiazole rings is 1. The first-order valence-electron chi connectivity index (χ1n) is 6.66. The number of ether oxygens (including phenoxy) is 1. The first-order chi connectivity index (χ1) is 11.3. The van der Waals surface area contributed by atoms with Crippen molar-refractivity contribution in [2.45, 2.75) is 29.2 Å². The number of carbonyl (C=O) groups is 2. The van der Waals surface area contributed by atoms with Crippen molar-refractivity contribution in [3.63, 3.8) is 0 Å². The van der Waals surface area contributed by atoms with Crippen molar-refractivity contribution in [1.29, 1.82) is 0 Å². The summed E-state index contributed by atoms with van der Waals surface area (Å²) >= 11 is 2.52. The highest BCUT2D eigenvalue weighted by molar-refractivity contribution is 8.01. The molecule has 1 unspecified atom stereocenters. The number of hydrogen-bond acceptors (Lipinski definition) is 8. The zero-order chi connectivity index (χ0) is 17.9. The molecule has 8 nitrogen and oxygen atoms in total. The number of nitro groups is 1. The van der Waals surface area contributed by atoms with Gasteiger partial charge in [0.25, 0.3) is 11.6 Å². The summed E-state index contributed by atoms with van der Waals surface area (Å²) in [6.07, 6.45) is -1.12. The van der Waals surface area contributed by atoms with Gasteiger partial charge in [-0.05, 0) is 26.0 Å². The van der Waals surface area contributed by atoms with Gasteiger partial charge in [-0.15, -0.1) is 11.3 Å². The number of carbonyl (C=O) groups excluding carboxylic acids is 2. The van der Waals surface area contributed by atoms with Crippen molar-refractivity contribution in [2.75, 3.05) is 0 Å². The molecule has 1 amide bonds. The summed E-state index contributed by atoms with van der Waals surface area (Å²) in [7, 11) is 0. The van der Waals surface area contributed by atoms with E-state index in [2.05, 4.69) is 4.98 Å². The molecule has 0 aliphatic carbocycles. The molecule has 2 aromatic rings. The molecule has 126 valence electrons. The number of benzene rings is 1. The fraction of sp³-hybridized carbons (Fsp3) is 0.214. The van der Waals surface area contributed by atoms with Crippen LogP contribution in [-0.4, -0.2) is 27.9 Å². The summed E-state index contributed by atoms with van der Waals surface area (Å²) in [4.78, 5) is 38.1. The molecule has 1 atom stereocenters. The maximum Gasteiger partial charge on any atom is 0.339 e. The van der Waals surface area contributed by atoms with E-state index in [1.165, 1.54) is 30.4 Å². The molecule has 0 aliphatic rings. The second kappa shape index (κ2) is 7.41. The van der Waals surface area contributed by atoms with Crippen LogP contribution in [0.5, 0.6) is 0 Å². The Labute approximate surface area is 145 Å². The molecule has 0 saturated carbocycles. The van der Waals surface area contributed by atoms with Crippen LogP contribution < -0.4 is 5.73 Å². The van der Waals surface area contributed by atoms with Gasteiger partial charge >= 0.3 is 5.97 Å². The predicted molar refractivity (Wildman–Crippen MR) is 88.1 cm³/mol. The monoisotopic (exact) mass is 367 g/mol. The summed E-state index contributed by atoms with van der Waals surface area (Å²) < 4.78 is 5.50. The second-order valence-electron chi connectivity index (χ2n) is 4.75. The van der Waals surface area contributed by atoms with Crippen molar-refractivity contribution < 1.29 is 19.2 Å². The number of rotatable bonds is 6. The molecule has 0 bridgehead atoms. The number of esters is 1. The van der Waals surface area contributed by atoms with Crippen LogP contribution in [-0.2, 0) is 9.53 Å². The Morgan fingerprint density at radius 1 is 1.46 bits per heavy atom. The summed E-state index contributed by atoms with van der Waals surface area (Å²) in [5.41, 5.74) is 5.57. The summed E-state index contributed by atoms with van der Waals surface area (Å²) in [6.45, 7) is 3.15. The molecule has 2 rings (SSSR count). The fourth-order valence-corrected chi connectivity index (χ4v) is 3.51. The maximum absolute atomic E-state index is 11.9. The molecule has 0 aliphatic heterocycles. The largest absolute Gasteiger partial charge is 0.449 e. The normalized spacial score (nSPS) is 11.8. The Balaban J connectivity index is 2.27. The van der Waals surface area contributed by atoms with Crippen LogP contribution in [0.3, 0.4) is 0 Å². The maximum atomic E-state index is 11.9. The Hall–Kier alpha value is -2.46. The molecule has 0 spiro atoms. The van der Waals surface area contributed by atoms with Gasteiger partial charge in [0.2, 0.25) is 0 Å². The Morgan fingerprint density at radius 3 is 2.71 bits per heavy atom. The van der Waals surface area contributed by atoms with E-state index in [4.69, 9.17) is 10.5 Å². The van der Waals surface area contributed by atoms with E-state index >= 15 is 0 Å². The van der Waals surface area contributed by atoms with Gasteiger partial charge in [-0.25, -0.2) is 9.78 Å². The summed E-state index contributed by atoms with van der Waals surface area (Å²) in [6, 6.07) is 3.95. The van der Waals surface area contributed by atoms with Crippen LogP contribution in [0, 0.1) is 17.0 Å². The zero-order valence-corrected chi connectivity index (χ0v) is 14.3. The molecule has 0 saturated heterocycles. The molecule has 1 aromatic heterocycles. The highest BCUT2D eigenvalue weighted by Gasteiger charge is 2.22. The number of primary amides is 1. The van der Waals surface area contributed by atoms with Crippen LogP contribution in [0.2, 0.25) is 0 Å². The van der Waals surface area contributed by atoms with Crippen molar-refractivity contribution >= 4 is 40.7 Å². The number of nitrogens with two attached hydrogens (primary N) is 1. The van der Waals surface area contributed by atoms with E-state index in [0.717, 1.165) is 23.5 Å². The van der Waals surface area contributed by atoms with Gasteiger partial charge in [-0.1, -0.05) is 11.8 Å². The van der Waals surface area contributed by atoms with Crippen molar-refractivity contribution in [3.8, 4) is 0 Å². The van der Waals surface area contributed by atoms with Crippen LogP contribution in [0.1, 0.15) is 23.0 Å². The van der Waals surface area contributed by atoms with Crippen molar-refractivity contribution in [1.82, 2.24) is 4.98 Å². The van der Waals surface area contributed by atoms with E-state index < -0.39 is 22.9 Å². The van der Waals surface area contributed by atoms with Crippen LogP contribution in [0.15, 0.2) is 32.8 Å². The predicted octanol–water partition coefficient (Wildman–Crippen LogP) is 2.54. The van der Waals surface area contributed by atoms with E-state index in [-0.39, 0.29) is 11.3 Å². The Kier molecular flexibility index (Phi) is 5.52. The van der Waals surface area contributed by atoms with Crippen LogP contribution >= 0.6 is 23.1 Å². The number of nitro benzene ring substituents is 1. The average molecular weight is 367 g/mol. The summed E-state index contributed by atoms with van der Waals surface area (Å²) in [5.74, 6) is -1.66. The highest BCUT2D eigenvalue weighted by Crippen LogP contribution is 2.36. The molecular weight excluding hydrogens is 354 g/mol. The van der Waals surface area contributed by atoms with Crippen LogP contribution in [0.25, 0.3) is 0 Å². The Morgan fingerprint density at radius 2 is 2.17 bits per heavy atom. The number of aromatic nitrogens is 1. The number of amides is 1. The lowest BCUT2D eigenvalue weighted by molar-refractivity contribution is -0.387. The molecule has 0 radical (unpaired) electrons. The van der Waals surface area contributed by atoms with Gasteiger partial charge < -0.3 is 10.5 Å². The quantitative estimate of drug-likeness (QED) is 0.472. The average Bonchev–Trinajstić information content (AvgIpc) is 2.92. The third-order valence-electron chi connectivity index (χ3n) is 2.87. The van der Waals surface area contributed by atoms with E-state index in [1.807, 2.05) is 12.3 Å². The van der Waals surface area contributed by atoms with Crippen molar-refractivity contribution in [3.05, 3.63) is 45.0 Å². The third-order valence-corrected chi connectivity index (χ3v) is 4.99. The van der Waals surface area contributed by atoms with Gasteiger partial charge in [0, 0.05) is 17.1 Å². The van der Waals surface area contributed by atoms with Gasteiger partial charge in [0.1, 0.15) is 0 Å². The van der Waals surface area contributed by atoms with E-state index in [9.17, 15) is 19.7 Å². The molecule has 24 heavy (non-hydrogen) atoms. The van der Waals surface area contributed by atoms with Gasteiger partial charge in [0.15, 0.2) is 10.4 Å². The lowest BCUT2D eigenvalue weighted by atomic mass is 10.2. The lowest BCUT2D eigenvalue weighted by Crippen LogP contribution is -2.30. The smallest absolute Gasteiger partial charge is 0.339 e. The third kappa shape index (κ3) is 4.30. The first-order valence-corrected chi connectivity index (χ1v) is 8.36. The molecule has 0 fully saturated rings. The second-order valence-corrected chi connectivity index (χ2v) is 6.89. The number of hydrogen-bond donors (Lipinski definition) is 1. The first kappa shape index (κ1) is 17.9. The summed E-state index contributed by atoms with van der Waals surface area (Å²) in [5, 5.41) is 13.1. The number of aryl methyl sites for hydroxylation is 1. The van der Waals surface area contributed by atoms with E-state index in [1.54, 1.807) is 0 Å². The van der Waals surface area contributed by atoms with Crippen molar-refractivity contribution in [2.24, 2.45) is 5.73 Å².